The van der Waals surface area contributed by atoms with Gasteiger partial charge in [0.25, 0.3) is 0 Å². The first kappa shape index (κ1) is 16.1. The average molecular weight is 394 g/mol. The molecule has 1 atom stereocenters. The van der Waals surface area contributed by atoms with Crippen LogP contribution in [-0.4, -0.2) is 45.0 Å². The van der Waals surface area contributed by atoms with E-state index in [9.17, 15) is 4.21 Å². The molecule has 0 aliphatic heterocycles. The van der Waals surface area contributed by atoms with Crippen LogP contribution in [0.4, 0.5) is 0 Å². The third-order valence-electron chi connectivity index (χ3n) is 3.39. The maximum absolute atomic E-state index is 11.8. The van der Waals surface area contributed by atoms with E-state index in [1.165, 1.54) is 12.6 Å². The second kappa shape index (κ2) is 6.17. The van der Waals surface area contributed by atoms with Gasteiger partial charge in [-0.1, -0.05) is 23.2 Å². The molecule has 1 aromatic carbocycles. The molecule has 0 spiro atoms. The van der Waals surface area contributed by atoms with Crippen LogP contribution in [0, 0.1) is 0 Å². The van der Waals surface area contributed by atoms with Gasteiger partial charge in [0, 0.05) is 21.9 Å². The average Bonchev–Trinajstić information content (AvgIpc) is 3.20. The van der Waals surface area contributed by atoms with Gasteiger partial charge in [-0.2, -0.15) is 4.52 Å². The van der Waals surface area contributed by atoms with Crippen LogP contribution in [0.25, 0.3) is 22.9 Å². The summed E-state index contributed by atoms with van der Waals surface area (Å²) in [7, 11) is -1.31. The molecule has 4 aromatic rings. The summed E-state index contributed by atoms with van der Waals surface area (Å²) in [6, 6.07) is 8.55. The zero-order valence-corrected chi connectivity index (χ0v) is 15.0. The molecule has 3 aromatic heterocycles. The van der Waals surface area contributed by atoms with Gasteiger partial charge >= 0.3 is 0 Å². The predicted molar refractivity (Wildman–Crippen MR) is 93.5 cm³/mol. The number of benzene rings is 1. The highest BCUT2D eigenvalue weighted by Gasteiger charge is 2.15. The van der Waals surface area contributed by atoms with Crippen molar-refractivity contribution in [2.24, 2.45) is 0 Å². The van der Waals surface area contributed by atoms with Crippen molar-refractivity contribution < 1.29 is 4.21 Å². The third-order valence-corrected chi connectivity index (χ3v) is 4.62. The van der Waals surface area contributed by atoms with E-state index < -0.39 is 10.8 Å². The Labute approximate surface area is 153 Å². The molecule has 0 saturated carbocycles. The fourth-order valence-corrected chi connectivity index (χ4v) is 3.45. The van der Waals surface area contributed by atoms with Gasteiger partial charge in [0.2, 0.25) is 5.16 Å². The Kier molecular flexibility index (Phi) is 3.98. The molecule has 1 unspecified atom stereocenters. The lowest BCUT2D eigenvalue weighted by molar-refractivity contribution is 0.673. The van der Waals surface area contributed by atoms with Crippen molar-refractivity contribution in [1.29, 1.82) is 0 Å². The summed E-state index contributed by atoms with van der Waals surface area (Å²) >= 11 is 12.1. The van der Waals surface area contributed by atoms with Gasteiger partial charge in [-0.25, -0.2) is 0 Å². The van der Waals surface area contributed by atoms with Gasteiger partial charge < -0.3 is 0 Å². The molecule has 126 valence electrons. The first-order valence-corrected chi connectivity index (χ1v) is 9.27. The van der Waals surface area contributed by atoms with Gasteiger partial charge in [0.15, 0.2) is 17.3 Å². The van der Waals surface area contributed by atoms with Gasteiger partial charge in [0.05, 0.1) is 10.8 Å². The summed E-state index contributed by atoms with van der Waals surface area (Å²) in [6.07, 6.45) is 2.97. The quantitative estimate of drug-likeness (QED) is 0.530. The fourth-order valence-electron chi connectivity index (χ4n) is 2.35. The van der Waals surface area contributed by atoms with Crippen molar-refractivity contribution in [2.45, 2.75) is 5.16 Å². The number of hydrogen-bond donors (Lipinski definition) is 0. The monoisotopic (exact) mass is 393 g/mol. The van der Waals surface area contributed by atoms with Crippen molar-refractivity contribution in [1.82, 2.24) is 34.6 Å². The zero-order chi connectivity index (χ0) is 17.6. The van der Waals surface area contributed by atoms with Gasteiger partial charge in [-0.05, 0) is 30.3 Å². The van der Waals surface area contributed by atoms with Crippen LogP contribution in [0.2, 0.25) is 10.0 Å². The Balaban J connectivity index is 1.91. The van der Waals surface area contributed by atoms with Gasteiger partial charge in [-0.15, -0.1) is 25.5 Å². The Bertz CT molecular complexity index is 1100. The molecular weight excluding hydrogens is 385 g/mol. The van der Waals surface area contributed by atoms with Crippen molar-refractivity contribution in [3.8, 4) is 17.2 Å². The Morgan fingerprint density at radius 1 is 1.04 bits per heavy atom. The van der Waals surface area contributed by atoms with E-state index in [4.69, 9.17) is 23.2 Å². The highest BCUT2D eigenvalue weighted by Crippen LogP contribution is 2.26. The fraction of sp³-hybridized carbons (Fsp3) is 0.0714. The highest BCUT2D eigenvalue weighted by atomic mass is 35.5. The molecule has 0 bridgehead atoms. The maximum Gasteiger partial charge on any atom is 0.226 e. The van der Waals surface area contributed by atoms with Gasteiger partial charge in [-0.3, -0.25) is 8.78 Å². The van der Waals surface area contributed by atoms with Gasteiger partial charge in [0.1, 0.15) is 6.33 Å². The molecule has 4 rings (SSSR count). The summed E-state index contributed by atoms with van der Waals surface area (Å²) in [4.78, 5) is 0. The van der Waals surface area contributed by atoms with Crippen LogP contribution in [0.15, 0.2) is 41.8 Å². The minimum atomic E-state index is -1.31. The predicted octanol–water partition coefficient (Wildman–Crippen LogP) is 2.42. The first-order chi connectivity index (χ1) is 12.0. The zero-order valence-electron chi connectivity index (χ0n) is 12.7. The lowest BCUT2D eigenvalue weighted by atomic mass is 10.2. The molecular formula is C14H9Cl2N7OS. The lowest BCUT2D eigenvalue weighted by Gasteiger charge is -2.05. The Morgan fingerprint density at radius 2 is 1.80 bits per heavy atom. The van der Waals surface area contributed by atoms with E-state index >= 15 is 0 Å². The number of rotatable bonds is 3. The number of hydrogen-bond acceptors (Lipinski definition) is 6. The van der Waals surface area contributed by atoms with Crippen LogP contribution in [0.5, 0.6) is 0 Å². The molecule has 0 saturated heterocycles. The lowest BCUT2D eigenvalue weighted by Crippen LogP contribution is -2.07. The summed E-state index contributed by atoms with van der Waals surface area (Å²) < 4.78 is 14.9. The Hall–Kier alpha value is -2.36. The van der Waals surface area contributed by atoms with Crippen molar-refractivity contribution in [3.63, 3.8) is 0 Å². The molecule has 11 heteroatoms. The Morgan fingerprint density at radius 3 is 2.52 bits per heavy atom. The van der Waals surface area contributed by atoms with Crippen LogP contribution in [0.3, 0.4) is 0 Å². The molecule has 0 fully saturated rings. The molecule has 0 amide bonds. The van der Waals surface area contributed by atoms with Crippen LogP contribution in [-0.2, 0) is 10.8 Å². The summed E-state index contributed by atoms with van der Waals surface area (Å²) in [6.45, 7) is 0. The normalized spacial score (nSPS) is 12.6. The number of halogens is 2. The van der Waals surface area contributed by atoms with E-state index in [0.29, 0.717) is 38.1 Å². The van der Waals surface area contributed by atoms with Crippen LogP contribution in [0.1, 0.15) is 0 Å². The number of fused-ring (bicyclic) bond motifs is 1. The molecule has 25 heavy (non-hydrogen) atoms. The molecule has 0 radical (unpaired) electrons. The van der Waals surface area contributed by atoms with Crippen LogP contribution >= 0.6 is 23.2 Å². The van der Waals surface area contributed by atoms with Crippen molar-refractivity contribution >= 4 is 39.6 Å². The summed E-state index contributed by atoms with van der Waals surface area (Å²) in [5.74, 6) is 0.963. The smallest absolute Gasteiger partial charge is 0.226 e. The van der Waals surface area contributed by atoms with Crippen LogP contribution < -0.4 is 0 Å². The maximum atomic E-state index is 11.8. The third kappa shape index (κ3) is 2.90. The number of aromatic nitrogens is 7. The SMILES string of the molecule is CS(=O)c1nncn1-c1ccc2nnc(-c3cc(Cl)cc(Cl)c3)n2n1. The van der Waals surface area contributed by atoms with E-state index in [1.807, 2.05) is 0 Å². The second-order valence-corrected chi connectivity index (χ2v) is 7.23. The largest absolute Gasteiger partial charge is 0.257 e. The molecule has 0 aliphatic rings. The number of nitrogens with zero attached hydrogens (tertiary/aromatic N) is 7. The minimum absolute atomic E-state index is 0.298. The molecule has 0 N–H and O–H groups in total. The topological polar surface area (TPSA) is 90.9 Å². The highest BCUT2D eigenvalue weighted by molar-refractivity contribution is 7.84. The van der Waals surface area contributed by atoms with E-state index in [-0.39, 0.29) is 0 Å². The molecule has 0 aliphatic carbocycles. The second-order valence-electron chi connectivity index (χ2n) is 5.08. The van der Waals surface area contributed by atoms with Crippen molar-refractivity contribution in [2.75, 3.05) is 6.26 Å². The van der Waals surface area contributed by atoms with Crippen molar-refractivity contribution in [3.05, 3.63) is 46.7 Å². The molecule has 8 nitrogen and oxygen atoms in total. The first-order valence-electron chi connectivity index (χ1n) is 6.95. The van der Waals surface area contributed by atoms with E-state index in [1.54, 1.807) is 39.4 Å². The van der Waals surface area contributed by atoms with E-state index in [2.05, 4.69) is 25.5 Å². The molecule has 3 heterocycles. The van der Waals surface area contributed by atoms with E-state index in [0.717, 1.165) is 0 Å². The summed E-state index contributed by atoms with van der Waals surface area (Å²) in [5.41, 5.74) is 1.22. The minimum Gasteiger partial charge on any atom is -0.257 e. The standard InChI is InChI=1S/C14H9Cl2N7OS/c1-25(24)14-20-17-7-22(14)12-3-2-11-18-19-13(23(11)21-12)8-4-9(15)6-10(16)5-8/h2-7H,1H3. The summed E-state index contributed by atoms with van der Waals surface area (Å²) in [5, 5.41) is 21.7.